The summed E-state index contributed by atoms with van der Waals surface area (Å²) in [4.78, 5) is 0. The Balaban J connectivity index is 1.58. The first-order valence-electron chi connectivity index (χ1n) is 15.9. The van der Waals surface area contributed by atoms with Gasteiger partial charge in [-0.25, -0.2) is 0 Å². The van der Waals surface area contributed by atoms with Gasteiger partial charge in [0.2, 0.25) is 0 Å². The van der Waals surface area contributed by atoms with Crippen LogP contribution in [0.15, 0.2) is 84.9 Å². The average Bonchev–Trinajstić information content (AvgIpc) is 3.58. The Morgan fingerprint density at radius 3 is 1.43 bits per heavy atom. The molecule has 2 aliphatic carbocycles. The fourth-order valence-corrected chi connectivity index (χ4v) is 42.3. The van der Waals surface area contributed by atoms with Gasteiger partial charge in [0.15, 0.2) is 0 Å². The van der Waals surface area contributed by atoms with E-state index >= 15 is 0 Å². The number of benzene rings is 4. The monoisotopic (exact) mass is 720 g/mol. The fourth-order valence-electron chi connectivity index (χ4n) is 9.43. The van der Waals surface area contributed by atoms with Gasteiger partial charge < -0.3 is 0 Å². The zero-order valence-electron chi connectivity index (χ0n) is 27.0. The zero-order valence-corrected chi connectivity index (χ0v) is 30.6. The third-order valence-electron chi connectivity index (χ3n) is 11.8. The first-order chi connectivity index (χ1) is 19.6. The van der Waals surface area contributed by atoms with Crippen molar-refractivity contribution >= 4 is 16.4 Å². The Hall–Kier alpha value is -2.90. The number of aryl methyl sites for hydroxylation is 4. The van der Waals surface area contributed by atoms with Gasteiger partial charge in [-0.3, -0.25) is 0 Å². The van der Waals surface area contributed by atoms with E-state index in [4.69, 9.17) is 4.26 Å². The molecule has 0 aliphatic heterocycles. The first kappa shape index (κ1) is 29.2. The molecule has 2 unspecified atom stereocenters. The predicted octanol–water partition coefficient (Wildman–Crippen LogP) is 12.3. The van der Waals surface area contributed by atoms with Crippen LogP contribution in [0.25, 0.3) is 34.4 Å². The van der Waals surface area contributed by atoms with E-state index in [-0.39, 0.29) is 0 Å². The Labute approximate surface area is 248 Å². The quantitative estimate of drug-likeness (QED) is 0.174. The molecule has 0 N–H and O–H groups in total. The molecule has 0 aromatic heterocycles. The van der Waals surface area contributed by atoms with Crippen LogP contribution in [-0.4, -0.2) is 4.26 Å². The van der Waals surface area contributed by atoms with Crippen LogP contribution in [0.3, 0.4) is 0 Å². The van der Waals surface area contributed by atoms with E-state index in [1.54, 1.807) is 0 Å². The molecular weight excluding hydrogens is 671 g/mol. The fraction of sp³-hybridized carbons (Fsp3) is 0.293. The maximum absolute atomic E-state index is 5.68. The van der Waals surface area contributed by atoms with Crippen LogP contribution in [0.1, 0.15) is 65.2 Å². The molecule has 1 heteroatoms. The third-order valence-corrected chi connectivity index (χ3v) is 48.3. The topological polar surface area (TPSA) is 0 Å². The van der Waals surface area contributed by atoms with E-state index in [2.05, 4.69) is 146 Å². The summed E-state index contributed by atoms with van der Waals surface area (Å²) in [7, 11) is 0. The molecule has 0 radical (unpaired) electrons. The van der Waals surface area contributed by atoms with Crippen molar-refractivity contribution < 1.29 is 15.1 Å². The van der Waals surface area contributed by atoms with Gasteiger partial charge in [0.1, 0.15) is 0 Å². The molecule has 216 valence electrons. The third kappa shape index (κ3) is 4.14. The van der Waals surface area contributed by atoms with Crippen molar-refractivity contribution in [2.45, 2.75) is 66.6 Å². The molecule has 0 amide bonds. The molecule has 0 spiro atoms. The van der Waals surface area contributed by atoms with Gasteiger partial charge in [-0.15, -0.1) is 0 Å². The van der Waals surface area contributed by atoms with Crippen molar-refractivity contribution in [2.75, 3.05) is 0 Å². The standard InChI is InChI=1S/2C17H15.C3H7.3CH3.CH2.Hf/c2*1-12-9-10-13(2)17(11-12)16-8-4-6-14-5-3-7-15(14)16;1-3-2;;;;;/h2*3-11H,1-2H3;1,3H2,2H3;3*1H3;1H2;. The molecule has 0 heterocycles. The summed E-state index contributed by atoms with van der Waals surface area (Å²) in [6.07, 6.45) is 11.1. The van der Waals surface area contributed by atoms with Crippen LogP contribution in [0.5, 0.6) is 0 Å². The molecule has 0 saturated heterocycles. The van der Waals surface area contributed by atoms with Crippen molar-refractivity contribution in [3.63, 3.8) is 0 Å². The minimum atomic E-state index is -5.15. The van der Waals surface area contributed by atoms with Crippen LogP contribution in [-0.2, 0) is 15.1 Å². The van der Waals surface area contributed by atoms with Crippen molar-refractivity contribution in [1.29, 1.82) is 0 Å². The van der Waals surface area contributed by atoms with Crippen LogP contribution in [0, 0.1) is 27.7 Å². The maximum atomic E-state index is 5.68. The molecule has 6 rings (SSSR count). The first-order valence-corrected chi connectivity index (χ1v) is 36.0. The van der Waals surface area contributed by atoms with Gasteiger partial charge in [0.05, 0.1) is 0 Å². The SMILES string of the molecule is [CH2]=[Hf]([CH3])([CH3])([CH3])([CH2]CC)([CH]1C=Cc2c(-c3cc(C)ccc3C)cccc21)[CH]1C=Cc2c(-c3cc(C)ccc3C)cccc21. The van der Waals surface area contributed by atoms with Crippen LogP contribution >= 0.6 is 0 Å². The molecule has 2 atom stereocenters. The second-order valence-corrected chi connectivity index (χ2v) is 70.9. The molecule has 4 aromatic carbocycles. The predicted molar refractivity (Wildman–Crippen MR) is 186 cm³/mol. The molecule has 2 aliphatic rings. The summed E-state index contributed by atoms with van der Waals surface area (Å²) in [5.41, 5.74) is 16.4. The summed E-state index contributed by atoms with van der Waals surface area (Å²) in [5.74, 6) is 0. The zero-order chi connectivity index (χ0) is 30.2. The van der Waals surface area contributed by atoms with Crippen molar-refractivity contribution in [2.24, 2.45) is 0 Å². The Morgan fingerprint density at radius 2 is 1.02 bits per heavy atom. The van der Waals surface area contributed by atoms with Crippen LogP contribution in [0.4, 0.5) is 0 Å². The van der Waals surface area contributed by atoms with Crippen LogP contribution < -0.4 is 0 Å². The summed E-state index contributed by atoms with van der Waals surface area (Å²) in [6, 6.07) is 27.7. The van der Waals surface area contributed by atoms with E-state index in [1.807, 2.05) is 0 Å². The van der Waals surface area contributed by atoms with Gasteiger partial charge >= 0.3 is 250 Å². The van der Waals surface area contributed by atoms with Crippen molar-refractivity contribution in [3.05, 3.63) is 129 Å². The molecule has 0 nitrogen and oxygen atoms in total. The molecule has 0 fully saturated rings. The number of hydrogen-bond donors (Lipinski definition) is 0. The van der Waals surface area contributed by atoms with E-state index in [1.165, 1.54) is 66.8 Å². The Kier molecular flexibility index (Phi) is 5.97. The second kappa shape index (κ2) is 8.60. The summed E-state index contributed by atoms with van der Waals surface area (Å²) < 4.78 is 15.5. The molecule has 0 saturated carbocycles. The van der Waals surface area contributed by atoms with Gasteiger partial charge in [0, 0.05) is 0 Å². The molecule has 4 aromatic rings. The number of allylic oxidation sites excluding steroid dienone is 2. The van der Waals surface area contributed by atoms with Gasteiger partial charge in [-0.1, -0.05) is 0 Å². The Bertz CT molecular complexity index is 1840. The summed E-state index contributed by atoms with van der Waals surface area (Å²) >= 11 is -5.15. The van der Waals surface area contributed by atoms with Crippen LogP contribution in [0.2, 0.25) is 18.2 Å². The molecule has 0 bridgehead atoms. The number of hydrogen-bond acceptors (Lipinski definition) is 0. The average molecular weight is 719 g/mol. The normalized spacial score (nSPS) is 20.0. The van der Waals surface area contributed by atoms with E-state index in [9.17, 15) is 0 Å². The van der Waals surface area contributed by atoms with Gasteiger partial charge in [-0.2, -0.15) is 0 Å². The molecule has 42 heavy (non-hydrogen) atoms. The number of rotatable bonds is 6. The Morgan fingerprint density at radius 1 is 0.595 bits per heavy atom. The number of fused-ring (bicyclic) bond motifs is 2. The van der Waals surface area contributed by atoms with Gasteiger partial charge in [0.25, 0.3) is 0 Å². The van der Waals surface area contributed by atoms with Crippen molar-refractivity contribution in [3.8, 4) is 22.3 Å². The minimum absolute atomic E-state index is 0.305. The molecular formula is C41H48Hf. The van der Waals surface area contributed by atoms with Crippen molar-refractivity contribution in [1.82, 2.24) is 0 Å². The van der Waals surface area contributed by atoms with E-state index < -0.39 is 15.1 Å². The van der Waals surface area contributed by atoms with E-state index in [0.29, 0.717) is 7.35 Å². The van der Waals surface area contributed by atoms with E-state index in [0.717, 1.165) is 10.6 Å². The van der Waals surface area contributed by atoms with Gasteiger partial charge in [-0.05, 0) is 0 Å². The summed E-state index contributed by atoms with van der Waals surface area (Å²) in [6.45, 7) is 11.2. The second-order valence-electron chi connectivity index (χ2n) is 17.3. The summed E-state index contributed by atoms with van der Waals surface area (Å²) in [5, 5.41) is 0.